The van der Waals surface area contributed by atoms with Crippen LogP contribution in [0.1, 0.15) is 342 Å². The Morgan fingerprint density at radius 1 is 0.169 bits per heavy atom. The van der Waals surface area contributed by atoms with Crippen LogP contribution < -0.4 is 0 Å². The van der Waals surface area contributed by atoms with Crippen molar-refractivity contribution in [2.24, 2.45) is 65.0 Å². The fourth-order valence-corrected chi connectivity index (χ4v) is 7.22. The average Bonchev–Trinajstić information content (AvgIpc) is 0.951. The fraction of sp³-hybridized carbons (Fsp3) is 0.695. The Morgan fingerprint density at radius 3 is 0.608 bits per heavy atom. The first-order valence-electron chi connectivity index (χ1n) is 49.9. The molecule has 0 heterocycles. The Bertz CT molecular complexity index is 3600. The minimum Gasteiger partial charge on any atom is -0.463 e. The molecule has 0 fully saturated rings. The summed E-state index contributed by atoms with van der Waals surface area (Å²) >= 11 is 0. The van der Waals surface area contributed by atoms with E-state index in [0.717, 1.165) is 69.6 Å². The molecule has 0 aromatic rings. The zero-order valence-electron chi connectivity index (χ0n) is 101. The van der Waals surface area contributed by atoms with Gasteiger partial charge in [-0.15, -0.1) is 0 Å². The van der Waals surface area contributed by atoms with Gasteiger partial charge in [-0.2, -0.15) is 0 Å². The predicted octanol–water partition coefficient (Wildman–Crippen LogP) is 26.5. The van der Waals surface area contributed by atoms with Gasteiger partial charge in [0.25, 0.3) is 0 Å². The van der Waals surface area contributed by atoms with Gasteiger partial charge in [-0.05, 0) is 158 Å². The third-order valence-electron chi connectivity index (χ3n) is 15.4. The second kappa shape index (κ2) is 90.0. The van der Waals surface area contributed by atoms with Crippen molar-refractivity contribution in [3.63, 3.8) is 0 Å². The standard InChI is InChI=1S/2C11H20O3.C11H20O2.3C10H18O3.2C10H18O2.C9H16O3.2C9H16O2.C8H14O2/c1-9(2)10(12)14-7-6-13-8-11(3,4)5;1-9(2)10(12)14-8-13-7-6-11(3,4)5;1-9(2)10(12)13-8-6-7-11(3,4)5;1-8(2)9(11)13-7-12-6-10(3,4)5;1-5-9(11)13-7-6-12-8-10(2,3)4;1-5-9(11)13-8-12-7-6-10(2,3)4;1-8(2)9(11)12-7-6-10(3,4)5;1-5-9(11)12-8-6-7-10(2,3)4;1-5-8(10)12-7-11-6-9(2,3)4;1-7(2)8(10)11-6-9(3,4)5;1-5-8(10)11-7-6-9(2,3)4;1-5-7(9)10-6-8(2,3)4/h2*1,6-8H2,2-5H3;1,6-8H2,2-5H3;1,6-7H2,2-5H3;2*5H,1,6-8H2,2-4H3;1,6-7H2,2-5H3;5H,1,6-8H2,2-4H3;5H,1,6-7H2,2-4H3;1,6H2,2-5H3;5H,1,6-7H2,2-4H3;5H,1,6H2,2-4H3. The molecule has 30 nitrogen and oxygen atoms in total. The van der Waals surface area contributed by atoms with E-state index >= 15 is 0 Å². The van der Waals surface area contributed by atoms with Crippen LogP contribution in [0.2, 0.25) is 0 Å². The lowest BCUT2D eigenvalue weighted by atomic mass is 9.91. The molecule has 0 bridgehead atoms. The van der Waals surface area contributed by atoms with Crippen molar-refractivity contribution in [1.29, 1.82) is 0 Å². The van der Waals surface area contributed by atoms with Gasteiger partial charge < -0.3 is 85.3 Å². The van der Waals surface area contributed by atoms with Crippen molar-refractivity contribution >= 4 is 71.6 Å². The summed E-state index contributed by atoms with van der Waals surface area (Å²) in [6.45, 7) is 134. The molecule has 0 aliphatic heterocycles. The van der Waals surface area contributed by atoms with E-state index in [-0.39, 0.29) is 123 Å². The molecule has 0 atom stereocenters. The Balaban J connectivity index is -0.000000136. The summed E-state index contributed by atoms with van der Waals surface area (Å²) in [5, 5.41) is 0. The van der Waals surface area contributed by atoms with E-state index in [0.29, 0.717) is 150 Å². The van der Waals surface area contributed by atoms with E-state index in [1.165, 1.54) is 18.2 Å². The van der Waals surface area contributed by atoms with Gasteiger partial charge in [0.15, 0.2) is 27.2 Å². The molecule has 0 radical (unpaired) electrons. The van der Waals surface area contributed by atoms with Crippen LogP contribution in [-0.2, 0) is 143 Å². The molecule has 864 valence electrons. The smallest absolute Gasteiger partial charge is 0.335 e. The summed E-state index contributed by atoms with van der Waals surface area (Å²) in [4.78, 5) is 129. The topological polar surface area (TPSA) is 371 Å². The van der Waals surface area contributed by atoms with E-state index in [1.807, 2.05) is 83.1 Å². The zero-order valence-corrected chi connectivity index (χ0v) is 101. The number of hydrogen-bond acceptors (Lipinski definition) is 30. The van der Waals surface area contributed by atoms with Gasteiger partial charge >= 0.3 is 71.6 Å². The van der Waals surface area contributed by atoms with Gasteiger partial charge in [0.1, 0.15) is 13.2 Å². The Labute approximate surface area is 898 Å². The lowest BCUT2D eigenvalue weighted by Gasteiger charge is -2.17. The summed E-state index contributed by atoms with van der Waals surface area (Å²) < 4.78 is 88.6. The normalized spacial score (nSPS) is 11.0. The van der Waals surface area contributed by atoms with Gasteiger partial charge in [-0.25, -0.2) is 57.5 Å². The Hall–Kier alpha value is -9.72. The maximum absolute atomic E-state index is 10.9. The summed E-state index contributed by atoms with van der Waals surface area (Å²) in [5.41, 5.74) is 4.73. The third-order valence-corrected chi connectivity index (χ3v) is 15.4. The Kier molecular flexibility index (Phi) is 99.4. The van der Waals surface area contributed by atoms with Gasteiger partial charge in [0.2, 0.25) is 0 Å². The molecule has 0 aromatic carbocycles. The van der Waals surface area contributed by atoms with Gasteiger partial charge in [-0.3, -0.25) is 0 Å². The highest BCUT2D eigenvalue weighted by Crippen LogP contribution is 2.25. The lowest BCUT2D eigenvalue weighted by Crippen LogP contribution is -2.18. The van der Waals surface area contributed by atoms with Crippen LogP contribution in [0, 0.1) is 65.0 Å². The quantitative estimate of drug-likeness (QED) is 0.0180. The van der Waals surface area contributed by atoms with Crippen molar-refractivity contribution in [3.8, 4) is 0 Å². The lowest BCUT2D eigenvalue weighted by molar-refractivity contribution is -0.154. The fourth-order valence-electron chi connectivity index (χ4n) is 7.22. The summed E-state index contributed by atoms with van der Waals surface area (Å²) in [6.07, 6.45) is 14.5. The van der Waals surface area contributed by atoms with Gasteiger partial charge in [0.05, 0.1) is 92.5 Å². The number of rotatable bonds is 46. The van der Waals surface area contributed by atoms with Crippen molar-refractivity contribution in [1.82, 2.24) is 0 Å². The maximum atomic E-state index is 10.9. The second-order valence-electron chi connectivity index (χ2n) is 48.8. The average molecular weight is 2110 g/mol. The minimum atomic E-state index is -0.455. The molecule has 148 heavy (non-hydrogen) atoms. The minimum absolute atomic E-state index is 0.00211. The number of carbonyl (C=O) groups excluding carboxylic acids is 12. The van der Waals surface area contributed by atoms with Crippen LogP contribution in [0.5, 0.6) is 0 Å². The first-order chi connectivity index (χ1) is 66.7. The molecular formula is C118H212O30. The first-order valence-corrected chi connectivity index (χ1v) is 49.9. The molecule has 0 amide bonds. The number of ether oxygens (including phenoxy) is 18. The predicted molar refractivity (Wildman–Crippen MR) is 597 cm³/mol. The van der Waals surface area contributed by atoms with Crippen LogP contribution in [0.3, 0.4) is 0 Å². The van der Waals surface area contributed by atoms with Crippen molar-refractivity contribution in [2.45, 2.75) is 342 Å². The van der Waals surface area contributed by atoms with Crippen molar-refractivity contribution < 1.29 is 143 Å². The molecule has 0 N–H and O–H groups in total. The van der Waals surface area contributed by atoms with Crippen LogP contribution in [0.4, 0.5) is 0 Å². The highest BCUT2D eigenvalue weighted by atomic mass is 16.7. The molecule has 0 saturated heterocycles. The van der Waals surface area contributed by atoms with Gasteiger partial charge in [-0.1, -0.05) is 328 Å². The van der Waals surface area contributed by atoms with Gasteiger partial charge in [0, 0.05) is 69.9 Å². The van der Waals surface area contributed by atoms with Crippen molar-refractivity contribution in [3.05, 3.63) is 149 Å². The monoisotopic (exact) mass is 2110 g/mol. The molecule has 0 spiro atoms. The largest absolute Gasteiger partial charge is 0.463 e. The molecule has 0 rings (SSSR count). The van der Waals surface area contributed by atoms with Crippen molar-refractivity contribution in [2.75, 3.05) is 133 Å². The molecule has 0 aliphatic rings. The molecular weight excluding hydrogens is 1900 g/mol. The van der Waals surface area contributed by atoms with E-state index < -0.39 is 29.8 Å². The molecule has 0 aliphatic carbocycles. The zero-order chi connectivity index (χ0) is 119. The SMILES string of the molecule is C=C(C)C(=O)OCC(C)(C)C.C=C(C)C(=O)OCCC(C)(C)C.C=C(C)C(=O)OCCCC(C)(C)C.C=C(C)C(=O)OCCOCC(C)(C)C.C=C(C)C(=O)OCOCC(C)(C)C.C=C(C)C(=O)OCOCCC(C)(C)C.C=CC(=O)OCC(C)(C)C.C=CC(=O)OCCC(C)(C)C.C=CC(=O)OCCCC(C)(C)C.C=CC(=O)OCCOCC(C)(C)C.C=CC(=O)OCOCC(C)(C)C.C=CC(=O)OCOCCC(C)(C)C. The summed E-state index contributed by atoms with van der Waals surface area (Å²) in [7, 11) is 0. The van der Waals surface area contributed by atoms with Crippen LogP contribution in [-0.4, -0.2) is 205 Å². The van der Waals surface area contributed by atoms with Crippen LogP contribution in [0.25, 0.3) is 0 Å². The molecule has 0 unspecified atom stereocenters. The third kappa shape index (κ3) is 172. The molecule has 30 heteroatoms. The van der Waals surface area contributed by atoms with Crippen LogP contribution >= 0.6 is 0 Å². The van der Waals surface area contributed by atoms with Crippen LogP contribution in [0.15, 0.2) is 149 Å². The number of esters is 12. The Morgan fingerprint density at radius 2 is 0.345 bits per heavy atom. The molecule has 0 aromatic heterocycles. The number of hydrogen-bond donors (Lipinski definition) is 0. The first kappa shape index (κ1) is 163. The highest BCUT2D eigenvalue weighted by molar-refractivity contribution is 5.89. The van der Waals surface area contributed by atoms with E-state index in [9.17, 15) is 57.5 Å². The highest BCUT2D eigenvalue weighted by Gasteiger charge is 2.21. The summed E-state index contributed by atoms with van der Waals surface area (Å²) in [5.74, 6) is -4.38. The second-order valence-corrected chi connectivity index (χ2v) is 48.8. The van der Waals surface area contributed by atoms with E-state index in [1.54, 1.807) is 41.5 Å². The van der Waals surface area contributed by atoms with E-state index in [4.69, 9.17) is 75.8 Å². The maximum Gasteiger partial charge on any atom is 0.335 e. The number of carbonyl (C=O) groups is 12. The van der Waals surface area contributed by atoms with E-state index in [2.05, 4.69) is 255 Å². The molecule has 0 saturated carbocycles. The summed E-state index contributed by atoms with van der Waals surface area (Å²) in [6, 6.07) is 0.